The molecule has 0 radical (unpaired) electrons. The molecule has 2 heterocycles. The zero-order valence-corrected chi connectivity index (χ0v) is 18.0. The molecule has 194 valence electrons. The van der Waals surface area contributed by atoms with Crippen LogP contribution in [0.3, 0.4) is 0 Å². The average Bonchev–Trinajstić information content (AvgIpc) is 2.79. The minimum absolute atomic E-state index is 0.115. The van der Waals surface area contributed by atoms with E-state index < -0.39 is 98.3 Å². The van der Waals surface area contributed by atoms with Gasteiger partial charge in [-0.25, -0.2) is 0 Å². The summed E-state index contributed by atoms with van der Waals surface area (Å²) in [4.78, 5) is 0. The van der Waals surface area contributed by atoms with Crippen LogP contribution in [0.4, 0.5) is 0 Å². The van der Waals surface area contributed by atoms with Crippen LogP contribution in [-0.4, -0.2) is 135 Å². The lowest BCUT2D eigenvalue weighted by Crippen LogP contribution is -2.69. The quantitative estimate of drug-likeness (QED) is 0.167. The van der Waals surface area contributed by atoms with Crippen molar-refractivity contribution in [3.05, 3.63) is 0 Å². The lowest BCUT2D eigenvalue weighted by molar-refractivity contribution is -0.318. The van der Waals surface area contributed by atoms with Crippen molar-refractivity contribution in [2.24, 2.45) is 28.7 Å². The highest BCUT2D eigenvalue weighted by molar-refractivity contribution is 5.01. The van der Waals surface area contributed by atoms with E-state index in [0.717, 1.165) is 0 Å². The molecule has 0 aromatic rings. The van der Waals surface area contributed by atoms with Crippen molar-refractivity contribution in [1.82, 2.24) is 0 Å². The van der Waals surface area contributed by atoms with Gasteiger partial charge in [-0.3, -0.25) is 0 Å². The second-order valence-corrected chi connectivity index (χ2v) is 8.88. The largest absolute Gasteiger partial charge is 0.394 e. The van der Waals surface area contributed by atoms with Crippen molar-refractivity contribution in [2.45, 2.75) is 98.1 Å². The van der Waals surface area contributed by atoms with Gasteiger partial charge in [0.05, 0.1) is 18.7 Å². The maximum atomic E-state index is 11.0. The summed E-state index contributed by atoms with van der Waals surface area (Å²) >= 11 is 0. The van der Waals surface area contributed by atoms with Gasteiger partial charge in [0.2, 0.25) is 0 Å². The van der Waals surface area contributed by atoms with E-state index in [9.17, 15) is 30.6 Å². The van der Waals surface area contributed by atoms with Crippen molar-refractivity contribution in [1.29, 1.82) is 0 Å². The Morgan fingerprint density at radius 1 is 0.667 bits per heavy atom. The molecule has 0 amide bonds. The van der Waals surface area contributed by atoms with Gasteiger partial charge in [0, 0.05) is 18.6 Å². The molecule has 16 N–H and O–H groups in total. The van der Waals surface area contributed by atoms with Crippen LogP contribution >= 0.6 is 0 Å². The van der Waals surface area contributed by atoms with E-state index in [1.165, 1.54) is 0 Å². The van der Waals surface area contributed by atoms with Crippen LogP contribution in [0.15, 0.2) is 0 Å². The lowest BCUT2D eigenvalue weighted by Gasteiger charge is -2.48. The number of ether oxygens (including phenoxy) is 4. The lowest BCUT2D eigenvalue weighted by atomic mass is 9.84. The fraction of sp³-hybridized carbons (Fsp3) is 1.00. The molecule has 0 spiro atoms. The van der Waals surface area contributed by atoms with Gasteiger partial charge in [-0.1, -0.05) is 0 Å². The average molecular weight is 484 g/mol. The van der Waals surface area contributed by atoms with E-state index >= 15 is 0 Å². The Morgan fingerprint density at radius 2 is 1.21 bits per heavy atom. The highest BCUT2D eigenvalue weighted by Gasteiger charge is 2.51. The Kier molecular flexibility index (Phi) is 8.99. The van der Waals surface area contributed by atoms with Gasteiger partial charge in [-0.05, 0) is 6.42 Å². The standard InChI is InChI=1S/C18H37N5O10/c19-2-6-11(26)12(27)9(23)17(30-6)32-15-4(20)1-5(21)16(14(15)29)33-18-13(28)8(22)10(25)7(3-24)31-18/h4-18,24-29H,1-3,19-23H2/t4-,5+,6+,7+,8-,9+,10+,11+,12+,13+,14-,15+,16-,17+,18+/m1/s1. The first-order valence-electron chi connectivity index (χ1n) is 10.9. The summed E-state index contributed by atoms with van der Waals surface area (Å²) in [5, 5.41) is 60.9. The van der Waals surface area contributed by atoms with Crippen LogP contribution in [0.5, 0.6) is 0 Å². The van der Waals surface area contributed by atoms with Gasteiger partial charge in [-0.2, -0.15) is 0 Å². The molecule has 3 rings (SSSR count). The molecular weight excluding hydrogens is 446 g/mol. The summed E-state index contributed by atoms with van der Waals surface area (Å²) in [6.07, 6.45) is -13.9. The smallest absolute Gasteiger partial charge is 0.186 e. The summed E-state index contributed by atoms with van der Waals surface area (Å²) in [5.74, 6) is 0. The molecule has 3 aliphatic rings. The van der Waals surface area contributed by atoms with Crippen molar-refractivity contribution >= 4 is 0 Å². The van der Waals surface area contributed by atoms with Crippen LogP contribution in [0.2, 0.25) is 0 Å². The molecule has 15 nitrogen and oxygen atoms in total. The zero-order chi connectivity index (χ0) is 24.6. The fourth-order valence-corrected chi connectivity index (χ4v) is 4.45. The van der Waals surface area contributed by atoms with E-state index in [4.69, 9.17) is 47.6 Å². The van der Waals surface area contributed by atoms with Gasteiger partial charge in [0.15, 0.2) is 12.6 Å². The van der Waals surface area contributed by atoms with Crippen LogP contribution in [0, 0.1) is 0 Å². The number of hydrogen-bond donors (Lipinski definition) is 11. The Bertz CT molecular complexity index is 585. The number of hydrogen-bond acceptors (Lipinski definition) is 15. The van der Waals surface area contributed by atoms with Crippen LogP contribution in [-0.2, 0) is 18.9 Å². The Morgan fingerprint density at radius 3 is 1.76 bits per heavy atom. The van der Waals surface area contributed by atoms with Crippen LogP contribution in [0.1, 0.15) is 6.42 Å². The topological polar surface area (TPSA) is 288 Å². The molecule has 1 saturated carbocycles. The molecule has 0 unspecified atom stereocenters. The number of nitrogens with two attached hydrogens (primary N) is 5. The fourth-order valence-electron chi connectivity index (χ4n) is 4.45. The molecule has 2 saturated heterocycles. The molecule has 2 aliphatic heterocycles. The number of aliphatic hydroxyl groups is 6. The number of aliphatic hydroxyl groups excluding tert-OH is 6. The van der Waals surface area contributed by atoms with E-state index in [-0.39, 0.29) is 13.0 Å². The summed E-state index contributed by atoms with van der Waals surface area (Å²) in [6.45, 7) is -0.694. The summed E-state index contributed by atoms with van der Waals surface area (Å²) in [7, 11) is 0. The highest BCUT2D eigenvalue weighted by atomic mass is 16.7. The third kappa shape index (κ3) is 5.32. The van der Waals surface area contributed by atoms with Gasteiger partial charge in [0.1, 0.15) is 54.9 Å². The first-order chi connectivity index (χ1) is 15.5. The van der Waals surface area contributed by atoms with Crippen molar-refractivity contribution in [3.63, 3.8) is 0 Å². The second-order valence-electron chi connectivity index (χ2n) is 8.88. The van der Waals surface area contributed by atoms with Crippen molar-refractivity contribution < 1.29 is 49.6 Å². The predicted octanol–water partition coefficient (Wildman–Crippen LogP) is -7.33. The summed E-state index contributed by atoms with van der Waals surface area (Å²) in [6, 6.07) is -3.92. The molecular formula is C18H37N5O10. The molecule has 1 aliphatic carbocycles. The van der Waals surface area contributed by atoms with Crippen LogP contribution in [0.25, 0.3) is 0 Å². The third-order valence-corrected chi connectivity index (χ3v) is 6.56. The van der Waals surface area contributed by atoms with E-state index in [0.29, 0.717) is 0 Å². The van der Waals surface area contributed by atoms with Gasteiger partial charge in [-0.15, -0.1) is 0 Å². The van der Waals surface area contributed by atoms with Gasteiger partial charge < -0.3 is 78.3 Å². The molecule has 0 aromatic heterocycles. The maximum Gasteiger partial charge on any atom is 0.186 e. The summed E-state index contributed by atoms with van der Waals surface area (Å²) in [5.41, 5.74) is 29.6. The molecule has 0 aromatic carbocycles. The predicted molar refractivity (Wildman–Crippen MR) is 110 cm³/mol. The van der Waals surface area contributed by atoms with E-state index in [2.05, 4.69) is 0 Å². The molecule has 3 fully saturated rings. The first-order valence-corrected chi connectivity index (χ1v) is 10.9. The molecule has 33 heavy (non-hydrogen) atoms. The monoisotopic (exact) mass is 483 g/mol. The van der Waals surface area contributed by atoms with Crippen molar-refractivity contribution in [2.75, 3.05) is 13.2 Å². The Hall–Kier alpha value is -0.600. The normalized spacial score (nSPS) is 53.7. The summed E-state index contributed by atoms with van der Waals surface area (Å²) < 4.78 is 22.5. The SMILES string of the molecule is NC[C@@H]1O[C@@H](O[C@@H]2[C@@H](O)[C@H](O[C@@H]3O[C@@H](CO)[C@H](O)[C@@H](N)[C@@H]3O)[C@@H](N)C[C@H]2N)[C@@H](N)[C@H](O)[C@H]1O. The molecule has 15 atom stereocenters. The minimum Gasteiger partial charge on any atom is -0.394 e. The second kappa shape index (κ2) is 11.0. The molecule has 15 heteroatoms. The maximum absolute atomic E-state index is 11.0. The van der Waals surface area contributed by atoms with Crippen LogP contribution < -0.4 is 28.7 Å². The zero-order valence-electron chi connectivity index (χ0n) is 18.0. The van der Waals surface area contributed by atoms with E-state index in [1.807, 2.05) is 0 Å². The Labute approximate surface area is 190 Å². The van der Waals surface area contributed by atoms with Crippen molar-refractivity contribution in [3.8, 4) is 0 Å². The minimum atomic E-state index is -1.48. The first kappa shape index (κ1) is 27.0. The molecule has 0 bridgehead atoms. The highest BCUT2D eigenvalue weighted by Crippen LogP contribution is 2.30. The third-order valence-electron chi connectivity index (χ3n) is 6.56. The Balaban J connectivity index is 1.72. The number of rotatable bonds is 6. The van der Waals surface area contributed by atoms with Gasteiger partial charge >= 0.3 is 0 Å². The van der Waals surface area contributed by atoms with E-state index in [1.54, 1.807) is 0 Å². The van der Waals surface area contributed by atoms with Gasteiger partial charge in [0.25, 0.3) is 0 Å².